The molecule has 0 N–H and O–H groups in total. The standard InChI is InChI=1S/C49H40N6/c1-47(2)39-27-35(45-52-41(31-19-11-7-12-20-31)37(29-50)42(53-45)32-21-13-8-14-22-32)36(28-40(39)48(3,4)49(47,5)6)46-54-43(33-23-15-9-16-24-33)38(30-51)44(55-46)34-25-17-10-18-26-34/h7-28H,1-6H3. The molecule has 2 heterocycles. The van der Waals surface area contributed by atoms with E-state index in [9.17, 15) is 10.5 Å². The minimum atomic E-state index is -0.230. The van der Waals surface area contributed by atoms with Crippen LogP contribution in [-0.2, 0) is 10.8 Å². The summed E-state index contributed by atoms with van der Waals surface area (Å²) in [7, 11) is 0. The average Bonchev–Trinajstić information content (AvgIpc) is 3.33. The monoisotopic (exact) mass is 712 g/mol. The molecule has 8 rings (SSSR count). The van der Waals surface area contributed by atoms with E-state index >= 15 is 0 Å². The molecule has 1 aliphatic rings. The van der Waals surface area contributed by atoms with Gasteiger partial charge in [0.05, 0.1) is 22.8 Å². The highest BCUT2D eigenvalue weighted by Gasteiger charge is 2.57. The van der Waals surface area contributed by atoms with Gasteiger partial charge in [0.1, 0.15) is 23.3 Å². The predicted molar refractivity (Wildman–Crippen MR) is 220 cm³/mol. The Kier molecular flexibility index (Phi) is 8.51. The molecule has 0 aliphatic heterocycles. The van der Waals surface area contributed by atoms with Gasteiger partial charge in [0.2, 0.25) is 0 Å². The quantitative estimate of drug-likeness (QED) is 0.170. The minimum absolute atomic E-state index is 0.135. The van der Waals surface area contributed by atoms with E-state index in [1.165, 1.54) is 11.1 Å². The van der Waals surface area contributed by atoms with Crippen molar-refractivity contribution in [3.8, 4) is 79.9 Å². The number of hydrogen-bond acceptors (Lipinski definition) is 6. The van der Waals surface area contributed by atoms with Crippen molar-refractivity contribution in [2.75, 3.05) is 0 Å². The van der Waals surface area contributed by atoms with Crippen LogP contribution < -0.4 is 0 Å². The maximum atomic E-state index is 10.7. The Labute approximate surface area is 322 Å². The molecule has 0 atom stereocenters. The summed E-state index contributed by atoms with van der Waals surface area (Å²) in [6, 6.07) is 48.6. The van der Waals surface area contributed by atoms with E-state index < -0.39 is 0 Å². The Morgan fingerprint density at radius 3 is 0.891 bits per heavy atom. The summed E-state index contributed by atoms with van der Waals surface area (Å²) in [5, 5.41) is 21.4. The second kappa shape index (κ2) is 13.3. The van der Waals surface area contributed by atoms with Crippen LogP contribution in [0.4, 0.5) is 0 Å². The van der Waals surface area contributed by atoms with E-state index in [4.69, 9.17) is 19.9 Å². The fraction of sp³-hybridized carbons (Fsp3) is 0.184. The van der Waals surface area contributed by atoms with Crippen molar-refractivity contribution in [2.45, 2.75) is 52.4 Å². The summed E-state index contributed by atoms with van der Waals surface area (Å²) >= 11 is 0. The fourth-order valence-electron chi connectivity index (χ4n) is 8.05. The molecule has 2 aromatic heterocycles. The molecule has 0 spiro atoms. The van der Waals surface area contributed by atoms with Gasteiger partial charge in [-0.3, -0.25) is 0 Å². The van der Waals surface area contributed by atoms with Crippen molar-refractivity contribution in [1.29, 1.82) is 10.5 Å². The summed E-state index contributed by atoms with van der Waals surface area (Å²) < 4.78 is 0. The van der Waals surface area contributed by atoms with Gasteiger partial charge in [-0.05, 0) is 39.5 Å². The highest BCUT2D eigenvalue weighted by atomic mass is 14.9. The Balaban J connectivity index is 1.52. The number of benzene rings is 5. The van der Waals surface area contributed by atoms with Crippen LogP contribution in [0.25, 0.3) is 67.8 Å². The van der Waals surface area contributed by atoms with E-state index in [-0.39, 0.29) is 16.2 Å². The van der Waals surface area contributed by atoms with Crippen LogP contribution >= 0.6 is 0 Å². The highest BCUT2D eigenvalue weighted by molar-refractivity contribution is 5.87. The minimum Gasteiger partial charge on any atom is -0.227 e. The molecule has 0 radical (unpaired) electrons. The lowest BCUT2D eigenvalue weighted by atomic mass is 9.59. The lowest BCUT2D eigenvalue weighted by Gasteiger charge is -2.44. The molecule has 266 valence electrons. The summed E-state index contributed by atoms with van der Waals surface area (Å²) in [5.41, 5.74) is 9.59. The molecule has 55 heavy (non-hydrogen) atoms. The van der Waals surface area contributed by atoms with Crippen molar-refractivity contribution in [2.24, 2.45) is 5.41 Å². The lowest BCUT2D eigenvalue weighted by molar-refractivity contribution is 0.125. The van der Waals surface area contributed by atoms with Crippen molar-refractivity contribution in [3.05, 3.63) is 156 Å². The summed E-state index contributed by atoms with van der Waals surface area (Å²) in [6.07, 6.45) is 0. The summed E-state index contributed by atoms with van der Waals surface area (Å²) in [4.78, 5) is 21.0. The van der Waals surface area contributed by atoms with Crippen LogP contribution in [0, 0.1) is 28.1 Å². The molecule has 0 saturated carbocycles. The molecule has 6 nitrogen and oxygen atoms in total. The summed E-state index contributed by atoms with van der Waals surface area (Å²) in [6.45, 7) is 13.9. The normalized spacial score (nSPS) is 14.8. The number of rotatable bonds is 6. The molecule has 0 amide bonds. The van der Waals surface area contributed by atoms with Gasteiger partial charge in [-0.15, -0.1) is 0 Å². The van der Waals surface area contributed by atoms with Gasteiger partial charge in [-0.25, -0.2) is 19.9 Å². The van der Waals surface area contributed by atoms with Gasteiger partial charge in [0.25, 0.3) is 0 Å². The van der Waals surface area contributed by atoms with Crippen molar-refractivity contribution in [1.82, 2.24) is 19.9 Å². The number of fused-ring (bicyclic) bond motifs is 1. The molecule has 6 heteroatoms. The zero-order chi connectivity index (χ0) is 38.5. The predicted octanol–water partition coefficient (Wildman–Crippen LogP) is 11.6. The number of nitrogens with zero attached hydrogens (tertiary/aromatic N) is 6. The first-order chi connectivity index (χ1) is 26.5. The van der Waals surface area contributed by atoms with Gasteiger partial charge in [-0.2, -0.15) is 10.5 Å². The Hall–Kier alpha value is -6.76. The SMILES string of the molecule is CC1(C)c2cc(-c3nc(-c4ccccc4)c(C#N)c(-c4ccccc4)n3)c(-c3nc(-c4ccccc4)c(C#N)c(-c4ccccc4)n3)cc2C(C)(C)C1(C)C. The maximum absolute atomic E-state index is 10.7. The van der Waals surface area contributed by atoms with E-state index in [1.54, 1.807) is 0 Å². The van der Waals surface area contributed by atoms with Gasteiger partial charge < -0.3 is 0 Å². The molecule has 1 aliphatic carbocycles. The largest absolute Gasteiger partial charge is 0.227 e. The summed E-state index contributed by atoms with van der Waals surface area (Å²) in [5.74, 6) is 0.923. The smallest absolute Gasteiger partial charge is 0.161 e. The number of nitriles is 2. The topological polar surface area (TPSA) is 99.1 Å². The molecule has 5 aromatic carbocycles. The third-order valence-corrected chi connectivity index (χ3v) is 12.3. The van der Waals surface area contributed by atoms with Gasteiger partial charge >= 0.3 is 0 Å². The van der Waals surface area contributed by atoms with Crippen LogP contribution in [0.3, 0.4) is 0 Å². The zero-order valence-corrected chi connectivity index (χ0v) is 31.9. The lowest BCUT2D eigenvalue weighted by Crippen LogP contribution is -2.42. The maximum Gasteiger partial charge on any atom is 0.161 e. The Morgan fingerprint density at radius 1 is 0.400 bits per heavy atom. The average molecular weight is 713 g/mol. The van der Waals surface area contributed by atoms with Crippen LogP contribution in [0.1, 0.15) is 63.8 Å². The highest BCUT2D eigenvalue weighted by Crippen LogP contribution is 2.62. The molecule has 0 saturated heterocycles. The molecule has 0 bridgehead atoms. The van der Waals surface area contributed by atoms with Gasteiger partial charge in [0.15, 0.2) is 11.6 Å². The first-order valence-electron chi connectivity index (χ1n) is 18.5. The number of hydrogen-bond donors (Lipinski definition) is 0. The van der Waals surface area contributed by atoms with E-state index in [2.05, 4.69) is 65.8 Å². The first-order valence-corrected chi connectivity index (χ1v) is 18.5. The Bertz CT molecular complexity index is 2360. The van der Waals surface area contributed by atoms with Crippen molar-refractivity contribution >= 4 is 0 Å². The first kappa shape index (κ1) is 35.3. The zero-order valence-electron chi connectivity index (χ0n) is 31.9. The molecule has 0 fully saturated rings. The molecule has 7 aromatic rings. The molecule has 0 unspecified atom stereocenters. The van der Waals surface area contributed by atoms with E-state index in [0.717, 1.165) is 33.4 Å². The van der Waals surface area contributed by atoms with Crippen LogP contribution in [-0.4, -0.2) is 19.9 Å². The molecular weight excluding hydrogens is 673 g/mol. The van der Waals surface area contributed by atoms with Crippen molar-refractivity contribution in [3.63, 3.8) is 0 Å². The number of aromatic nitrogens is 4. The van der Waals surface area contributed by atoms with Crippen LogP contribution in [0.5, 0.6) is 0 Å². The van der Waals surface area contributed by atoms with Crippen LogP contribution in [0.15, 0.2) is 133 Å². The van der Waals surface area contributed by atoms with E-state index in [0.29, 0.717) is 45.6 Å². The third-order valence-electron chi connectivity index (χ3n) is 12.3. The second-order valence-electron chi connectivity index (χ2n) is 15.7. The molecular formula is C49H40N6. The van der Waals surface area contributed by atoms with Crippen molar-refractivity contribution < 1.29 is 0 Å². The van der Waals surface area contributed by atoms with Gasteiger partial charge in [0, 0.05) is 33.4 Å². The fourth-order valence-corrected chi connectivity index (χ4v) is 8.05. The second-order valence-corrected chi connectivity index (χ2v) is 15.7. The van der Waals surface area contributed by atoms with E-state index in [1.807, 2.05) is 121 Å². The Morgan fingerprint density at radius 2 is 0.655 bits per heavy atom. The van der Waals surface area contributed by atoms with Gasteiger partial charge in [-0.1, -0.05) is 163 Å². The van der Waals surface area contributed by atoms with Crippen LogP contribution in [0.2, 0.25) is 0 Å². The third kappa shape index (κ3) is 5.61.